The van der Waals surface area contributed by atoms with Crippen LogP contribution in [0.15, 0.2) is 18.2 Å². The monoisotopic (exact) mass is 260 g/mol. The van der Waals surface area contributed by atoms with E-state index in [1.165, 1.54) is 16.7 Å². The van der Waals surface area contributed by atoms with Crippen molar-refractivity contribution in [2.75, 3.05) is 20.1 Å². The second-order valence-electron chi connectivity index (χ2n) is 6.96. The van der Waals surface area contributed by atoms with Gasteiger partial charge in [0, 0.05) is 17.5 Å². The van der Waals surface area contributed by atoms with Crippen molar-refractivity contribution >= 4 is 0 Å². The summed E-state index contributed by atoms with van der Waals surface area (Å²) < 4.78 is 0. The first-order valence-corrected chi connectivity index (χ1v) is 7.30. The molecule has 0 radical (unpaired) electrons. The van der Waals surface area contributed by atoms with Crippen molar-refractivity contribution in [2.24, 2.45) is 5.73 Å². The third kappa shape index (κ3) is 2.56. The Morgan fingerprint density at radius 3 is 2.53 bits per heavy atom. The van der Waals surface area contributed by atoms with Gasteiger partial charge >= 0.3 is 0 Å². The maximum Gasteiger partial charge on any atom is 0.0159 e. The minimum atomic E-state index is 0.145. The summed E-state index contributed by atoms with van der Waals surface area (Å²) in [4.78, 5) is 2.46. The van der Waals surface area contributed by atoms with E-state index in [-0.39, 0.29) is 11.0 Å². The van der Waals surface area contributed by atoms with Gasteiger partial charge in [-0.15, -0.1) is 0 Å². The van der Waals surface area contributed by atoms with Crippen LogP contribution in [-0.4, -0.2) is 30.6 Å². The Bertz CT molecular complexity index is 464. The van der Waals surface area contributed by atoms with Crippen LogP contribution in [0.3, 0.4) is 0 Å². The molecule has 1 unspecified atom stereocenters. The molecule has 1 heterocycles. The van der Waals surface area contributed by atoms with E-state index in [1.807, 2.05) is 0 Å². The fraction of sp³-hybridized carbons (Fsp3) is 0.647. The molecule has 1 aliphatic rings. The normalized spacial score (nSPS) is 27.5. The molecule has 1 aliphatic heterocycles. The SMILES string of the molecule is Cc1ccc(C)c(C2(CN)CCN(C)C(C)(C)C2)c1. The molecule has 1 aromatic rings. The van der Waals surface area contributed by atoms with E-state index < -0.39 is 0 Å². The van der Waals surface area contributed by atoms with Crippen LogP contribution < -0.4 is 5.73 Å². The molecule has 1 aromatic carbocycles. The summed E-state index contributed by atoms with van der Waals surface area (Å²) in [6.07, 6.45) is 2.30. The highest BCUT2D eigenvalue weighted by Gasteiger charge is 2.43. The first-order chi connectivity index (χ1) is 8.81. The van der Waals surface area contributed by atoms with Gasteiger partial charge in [0.15, 0.2) is 0 Å². The third-order valence-corrected chi connectivity index (χ3v) is 5.09. The first kappa shape index (κ1) is 14.5. The maximum absolute atomic E-state index is 6.24. The average molecular weight is 260 g/mol. The molecular formula is C17H28N2. The number of hydrogen-bond donors (Lipinski definition) is 1. The van der Waals surface area contributed by atoms with Crippen molar-refractivity contribution in [3.05, 3.63) is 34.9 Å². The quantitative estimate of drug-likeness (QED) is 0.885. The molecule has 1 saturated heterocycles. The van der Waals surface area contributed by atoms with Crippen molar-refractivity contribution in [1.29, 1.82) is 0 Å². The van der Waals surface area contributed by atoms with Crippen LogP contribution in [0.25, 0.3) is 0 Å². The van der Waals surface area contributed by atoms with Gasteiger partial charge in [-0.25, -0.2) is 0 Å². The Morgan fingerprint density at radius 2 is 1.95 bits per heavy atom. The van der Waals surface area contributed by atoms with Crippen LogP contribution in [0, 0.1) is 13.8 Å². The van der Waals surface area contributed by atoms with Crippen LogP contribution in [0.5, 0.6) is 0 Å². The Labute approximate surface area is 118 Å². The molecule has 0 aromatic heterocycles. The molecule has 2 rings (SSSR count). The van der Waals surface area contributed by atoms with E-state index >= 15 is 0 Å². The molecule has 0 saturated carbocycles. The van der Waals surface area contributed by atoms with E-state index in [1.54, 1.807) is 0 Å². The molecular weight excluding hydrogens is 232 g/mol. The van der Waals surface area contributed by atoms with Crippen LogP contribution in [0.2, 0.25) is 0 Å². The van der Waals surface area contributed by atoms with Crippen molar-refractivity contribution in [3.63, 3.8) is 0 Å². The van der Waals surface area contributed by atoms with Crippen LogP contribution >= 0.6 is 0 Å². The lowest BCUT2D eigenvalue weighted by molar-refractivity contribution is 0.0565. The topological polar surface area (TPSA) is 29.3 Å². The van der Waals surface area contributed by atoms with Gasteiger partial charge in [0.05, 0.1) is 0 Å². The fourth-order valence-electron chi connectivity index (χ4n) is 3.56. The van der Waals surface area contributed by atoms with Crippen molar-refractivity contribution in [2.45, 2.75) is 51.5 Å². The molecule has 2 N–H and O–H groups in total. The molecule has 0 bridgehead atoms. The summed E-state index contributed by atoms with van der Waals surface area (Å²) in [7, 11) is 2.23. The molecule has 0 amide bonds. The Hall–Kier alpha value is -0.860. The Kier molecular flexibility index (Phi) is 3.76. The van der Waals surface area contributed by atoms with Crippen LogP contribution in [0.1, 0.15) is 43.4 Å². The zero-order valence-electron chi connectivity index (χ0n) is 13.1. The van der Waals surface area contributed by atoms with E-state index in [0.29, 0.717) is 0 Å². The third-order valence-electron chi connectivity index (χ3n) is 5.09. The highest BCUT2D eigenvalue weighted by Crippen LogP contribution is 2.42. The van der Waals surface area contributed by atoms with Crippen molar-refractivity contribution in [1.82, 2.24) is 4.90 Å². The summed E-state index contributed by atoms with van der Waals surface area (Å²) in [5, 5.41) is 0. The predicted molar refractivity (Wildman–Crippen MR) is 82.6 cm³/mol. The summed E-state index contributed by atoms with van der Waals surface area (Å²) in [5.41, 5.74) is 10.8. The molecule has 106 valence electrons. The first-order valence-electron chi connectivity index (χ1n) is 7.30. The minimum absolute atomic E-state index is 0.145. The van der Waals surface area contributed by atoms with Gasteiger partial charge in [-0.3, -0.25) is 0 Å². The number of benzene rings is 1. The van der Waals surface area contributed by atoms with Crippen LogP contribution in [0.4, 0.5) is 0 Å². The average Bonchev–Trinajstić information content (AvgIpc) is 2.36. The summed E-state index contributed by atoms with van der Waals surface area (Å²) >= 11 is 0. The van der Waals surface area contributed by atoms with E-state index in [0.717, 1.165) is 25.9 Å². The van der Waals surface area contributed by atoms with Crippen molar-refractivity contribution in [3.8, 4) is 0 Å². The largest absolute Gasteiger partial charge is 0.330 e. The minimum Gasteiger partial charge on any atom is -0.330 e. The standard InChI is InChI=1S/C17H28N2/c1-13-6-7-14(2)15(10-13)17(12-18)8-9-19(5)16(3,4)11-17/h6-7,10H,8-9,11-12,18H2,1-5H3. The Balaban J connectivity index is 2.46. The van der Waals surface area contributed by atoms with Gasteiger partial charge in [0.1, 0.15) is 0 Å². The molecule has 0 spiro atoms. The number of rotatable bonds is 2. The van der Waals surface area contributed by atoms with Gasteiger partial charge in [-0.1, -0.05) is 23.8 Å². The number of nitrogens with two attached hydrogens (primary N) is 1. The zero-order valence-corrected chi connectivity index (χ0v) is 13.1. The van der Waals surface area contributed by atoms with Gasteiger partial charge in [-0.2, -0.15) is 0 Å². The highest BCUT2D eigenvalue weighted by molar-refractivity contribution is 5.38. The summed E-state index contributed by atoms with van der Waals surface area (Å²) in [6.45, 7) is 10.9. The predicted octanol–water partition coefficient (Wildman–Crippen LogP) is 3.00. The lowest BCUT2D eigenvalue weighted by atomic mass is 9.65. The van der Waals surface area contributed by atoms with E-state index in [4.69, 9.17) is 5.73 Å². The molecule has 2 nitrogen and oxygen atoms in total. The van der Waals surface area contributed by atoms with E-state index in [9.17, 15) is 0 Å². The fourth-order valence-corrected chi connectivity index (χ4v) is 3.56. The Morgan fingerprint density at radius 1 is 1.26 bits per heavy atom. The second-order valence-corrected chi connectivity index (χ2v) is 6.96. The zero-order chi connectivity index (χ0) is 14.3. The second kappa shape index (κ2) is 4.92. The number of hydrogen-bond acceptors (Lipinski definition) is 2. The highest BCUT2D eigenvalue weighted by atomic mass is 15.2. The van der Waals surface area contributed by atoms with Crippen molar-refractivity contribution < 1.29 is 0 Å². The number of likely N-dealkylation sites (tertiary alicyclic amines) is 1. The summed E-state index contributed by atoms with van der Waals surface area (Å²) in [5.74, 6) is 0. The molecule has 1 atom stereocenters. The van der Waals surface area contributed by atoms with Gasteiger partial charge in [-0.05, 0) is 65.3 Å². The molecule has 2 heteroatoms. The number of aryl methyl sites for hydroxylation is 2. The molecule has 0 aliphatic carbocycles. The maximum atomic E-state index is 6.24. The molecule has 19 heavy (non-hydrogen) atoms. The van der Waals surface area contributed by atoms with Gasteiger partial charge in [0.25, 0.3) is 0 Å². The lowest BCUT2D eigenvalue weighted by Gasteiger charge is -2.50. The van der Waals surface area contributed by atoms with Crippen LogP contribution in [-0.2, 0) is 5.41 Å². The lowest BCUT2D eigenvalue weighted by Crippen LogP contribution is -2.55. The van der Waals surface area contributed by atoms with Gasteiger partial charge in [0.2, 0.25) is 0 Å². The number of piperidine rings is 1. The smallest absolute Gasteiger partial charge is 0.0159 e. The van der Waals surface area contributed by atoms with E-state index in [2.05, 4.69) is 57.8 Å². The summed E-state index contributed by atoms with van der Waals surface area (Å²) in [6, 6.07) is 6.79. The molecule has 1 fully saturated rings. The van der Waals surface area contributed by atoms with Gasteiger partial charge < -0.3 is 10.6 Å². The number of nitrogens with zero attached hydrogens (tertiary/aromatic N) is 1.